The Morgan fingerprint density at radius 3 is 2.42 bits per heavy atom. The molecule has 0 radical (unpaired) electrons. The van der Waals surface area contributed by atoms with Gasteiger partial charge in [0.15, 0.2) is 5.96 Å². The van der Waals surface area contributed by atoms with E-state index in [1.165, 1.54) is 5.56 Å². The van der Waals surface area contributed by atoms with E-state index in [1.807, 2.05) is 52.0 Å². The summed E-state index contributed by atoms with van der Waals surface area (Å²) in [6.07, 6.45) is 0. The van der Waals surface area contributed by atoms with E-state index in [0.717, 1.165) is 5.69 Å². The van der Waals surface area contributed by atoms with Gasteiger partial charge in [0.2, 0.25) is 0 Å². The lowest BCUT2D eigenvalue weighted by Gasteiger charge is -2.16. The first-order valence-corrected chi connectivity index (χ1v) is 7.63. The van der Waals surface area contributed by atoms with E-state index in [0.29, 0.717) is 18.3 Å². The predicted molar refractivity (Wildman–Crippen MR) is 84.1 cm³/mol. The van der Waals surface area contributed by atoms with Gasteiger partial charge in [-0.25, -0.2) is 0 Å². The molecule has 1 rings (SSSR count). The summed E-state index contributed by atoms with van der Waals surface area (Å²) in [5.74, 6) is 0.884. The Balaban J connectivity index is 2.45. The fraction of sp³-hybridized carbons (Fsp3) is 0.500. The Hall–Kier alpha value is -1.36. The van der Waals surface area contributed by atoms with Crippen molar-refractivity contribution in [1.29, 1.82) is 0 Å². The molecule has 0 spiro atoms. The van der Waals surface area contributed by atoms with E-state index in [4.69, 9.17) is 5.73 Å². The van der Waals surface area contributed by atoms with Crippen molar-refractivity contribution in [2.24, 2.45) is 10.7 Å². The Morgan fingerprint density at radius 2 is 1.89 bits per heavy atom. The molecule has 3 N–H and O–H groups in total. The van der Waals surface area contributed by atoms with Crippen LogP contribution in [-0.4, -0.2) is 27.2 Å². The van der Waals surface area contributed by atoms with Crippen molar-refractivity contribution in [2.45, 2.75) is 32.4 Å². The van der Waals surface area contributed by atoms with Gasteiger partial charge >= 0.3 is 0 Å². The lowest BCUT2D eigenvalue weighted by Crippen LogP contribution is -2.27. The van der Waals surface area contributed by atoms with Gasteiger partial charge < -0.3 is 11.1 Å². The maximum absolute atomic E-state index is 11.8. The molecule has 0 fully saturated rings. The number of guanidine groups is 1. The highest BCUT2D eigenvalue weighted by molar-refractivity contribution is 7.86. The molecule has 19 heavy (non-hydrogen) atoms. The highest BCUT2D eigenvalue weighted by atomic mass is 32.2. The number of nitrogens with zero attached hydrogens (tertiary/aromatic N) is 1. The SMILES string of the molecule is Cc1ccc(NC(N)=NCCS(=O)C(C)(C)C)cc1. The topological polar surface area (TPSA) is 67.5 Å². The number of nitrogens with two attached hydrogens (primary N) is 1. The van der Waals surface area contributed by atoms with Gasteiger partial charge in [-0.1, -0.05) is 17.7 Å². The monoisotopic (exact) mass is 281 g/mol. The molecule has 0 saturated carbocycles. The quantitative estimate of drug-likeness (QED) is 0.657. The first-order chi connectivity index (χ1) is 8.79. The van der Waals surface area contributed by atoms with Crippen LogP contribution in [0.4, 0.5) is 5.69 Å². The number of aliphatic imine (C=N–C) groups is 1. The maximum Gasteiger partial charge on any atom is 0.193 e. The molecule has 5 heteroatoms. The van der Waals surface area contributed by atoms with Crippen LogP contribution in [0.3, 0.4) is 0 Å². The summed E-state index contributed by atoms with van der Waals surface area (Å²) >= 11 is 0. The molecule has 0 saturated heterocycles. The number of benzene rings is 1. The van der Waals surface area contributed by atoms with Crippen LogP contribution in [-0.2, 0) is 10.8 Å². The third-order valence-corrected chi connectivity index (χ3v) is 4.49. The van der Waals surface area contributed by atoms with Gasteiger partial charge in [0.05, 0.1) is 6.54 Å². The summed E-state index contributed by atoms with van der Waals surface area (Å²) in [6, 6.07) is 7.91. The smallest absolute Gasteiger partial charge is 0.193 e. The molecule has 0 bridgehead atoms. The molecule has 1 atom stereocenters. The van der Waals surface area contributed by atoms with Crippen LogP contribution in [0, 0.1) is 6.92 Å². The van der Waals surface area contributed by atoms with Crippen LogP contribution in [0.1, 0.15) is 26.3 Å². The minimum Gasteiger partial charge on any atom is -0.370 e. The first kappa shape index (κ1) is 15.7. The van der Waals surface area contributed by atoms with E-state index >= 15 is 0 Å². The standard InChI is InChI=1S/C14H23N3OS/c1-11-5-7-12(8-6-11)17-13(15)16-9-10-19(18)14(2,3)4/h5-8H,9-10H2,1-4H3,(H3,15,16,17). The summed E-state index contributed by atoms with van der Waals surface area (Å²) in [5.41, 5.74) is 7.88. The van der Waals surface area contributed by atoms with Crippen LogP contribution < -0.4 is 11.1 Å². The van der Waals surface area contributed by atoms with Gasteiger partial charge in [0.1, 0.15) is 0 Å². The van der Waals surface area contributed by atoms with Crippen LogP contribution in [0.25, 0.3) is 0 Å². The predicted octanol–water partition coefficient (Wildman–Crippen LogP) is 2.27. The molecule has 1 unspecified atom stereocenters. The lowest BCUT2D eigenvalue weighted by molar-refractivity contribution is 0.648. The second-order valence-corrected chi connectivity index (χ2v) is 7.74. The van der Waals surface area contributed by atoms with E-state index in [9.17, 15) is 4.21 Å². The number of hydrogen-bond acceptors (Lipinski definition) is 2. The van der Waals surface area contributed by atoms with Crippen LogP contribution in [0.2, 0.25) is 0 Å². The van der Waals surface area contributed by atoms with E-state index < -0.39 is 10.8 Å². The van der Waals surface area contributed by atoms with Gasteiger partial charge in [-0.15, -0.1) is 0 Å². The minimum absolute atomic E-state index is 0.200. The van der Waals surface area contributed by atoms with Crippen LogP contribution >= 0.6 is 0 Å². The zero-order valence-electron chi connectivity index (χ0n) is 12.1. The first-order valence-electron chi connectivity index (χ1n) is 6.31. The lowest BCUT2D eigenvalue weighted by atomic mass is 10.2. The summed E-state index contributed by atoms with van der Waals surface area (Å²) in [5, 5.41) is 3.01. The summed E-state index contributed by atoms with van der Waals surface area (Å²) in [4.78, 5) is 4.19. The van der Waals surface area contributed by atoms with Crippen molar-refractivity contribution in [3.63, 3.8) is 0 Å². The minimum atomic E-state index is -0.894. The molecule has 0 aliphatic heterocycles. The van der Waals surface area contributed by atoms with Crippen molar-refractivity contribution >= 4 is 22.4 Å². The Bertz CT molecular complexity index is 461. The second-order valence-electron chi connectivity index (χ2n) is 5.42. The fourth-order valence-corrected chi connectivity index (χ4v) is 2.25. The van der Waals surface area contributed by atoms with Gasteiger partial charge in [-0.3, -0.25) is 9.20 Å². The second kappa shape index (κ2) is 6.70. The molecule has 106 valence electrons. The van der Waals surface area contributed by atoms with E-state index in [2.05, 4.69) is 10.3 Å². The van der Waals surface area contributed by atoms with Crippen LogP contribution in [0.15, 0.2) is 29.3 Å². The van der Waals surface area contributed by atoms with Gasteiger partial charge in [-0.2, -0.15) is 0 Å². The largest absolute Gasteiger partial charge is 0.370 e. The van der Waals surface area contributed by atoms with Gasteiger partial charge in [0.25, 0.3) is 0 Å². The van der Waals surface area contributed by atoms with Crippen molar-refractivity contribution in [2.75, 3.05) is 17.6 Å². The highest BCUT2D eigenvalue weighted by Crippen LogP contribution is 2.11. The Morgan fingerprint density at radius 1 is 1.32 bits per heavy atom. The van der Waals surface area contributed by atoms with Crippen molar-refractivity contribution < 1.29 is 4.21 Å². The Labute approximate surface area is 118 Å². The van der Waals surface area contributed by atoms with Crippen molar-refractivity contribution in [3.8, 4) is 0 Å². The van der Waals surface area contributed by atoms with E-state index in [-0.39, 0.29) is 4.75 Å². The van der Waals surface area contributed by atoms with Crippen molar-refractivity contribution in [1.82, 2.24) is 0 Å². The van der Waals surface area contributed by atoms with Gasteiger partial charge in [0, 0.05) is 27.0 Å². The molecular weight excluding hydrogens is 258 g/mol. The molecular formula is C14H23N3OS. The molecule has 0 aliphatic rings. The molecule has 1 aromatic carbocycles. The average Bonchev–Trinajstić information content (AvgIpc) is 2.31. The number of aryl methyl sites for hydroxylation is 1. The zero-order chi connectivity index (χ0) is 14.5. The number of nitrogens with one attached hydrogen (secondary N) is 1. The molecule has 0 amide bonds. The summed E-state index contributed by atoms with van der Waals surface area (Å²) in [7, 11) is -0.894. The highest BCUT2D eigenvalue weighted by Gasteiger charge is 2.18. The molecule has 0 heterocycles. The number of rotatable bonds is 4. The third-order valence-electron chi connectivity index (χ3n) is 2.57. The summed E-state index contributed by atoms with van der Waals surface area (Å²) in [6.45, 7) is 8.37. The number of hydrogen-bond donors (Lipinski definition) is 2. The molecule has 1 aromatic rings. The number of anilines is 1. The molecule has 0 aromatic heterocycles. The van der Waals surface area contributed by atoms with E-state index in [1.54, 1.807) is 0 Å². The van der Waals surface area contributed by atoms with Crippen LogP contribution in [0.5, 0.6) is 0 Å². The normalized spacial score (nSPS) is 14.2. The maximum atomic E-state index is 11.8. The molecule has 4 nitrogen and oxygen atoms in total. The average molecular weight is 281 g/mol. The fourth-order valence-electron chi connectivity index (χ4n) is 1.38. The summed E-state index contributed by atoms with van der Waals surface area (Å²) < 4.78 is 11.6. The zero-order valence-corrected chi connectivity index (χ0v) is 12.9. The van der Waals surface area contributed by atoms with Crippen molar-refractivity contribution in [3.05, 3.63) is 29.8 Å². The Kier molecular flexibility index (Phi) is 5.54. The third kappa shape index (κ3) is 5.87. The van der Waals surface area contributed by atoms with Gasteiger partial charge in [-0.05, 0) is 39.8 Å². The molecule has 0 aliphatic carbocycles.